The summed E-state index contributed by atoms with van der Waals surface area (Å²) in [6, 6.07) is 5.74. The molecule has 3 rings (SSSR count). The van der Waals surface area contributed by atoms with E-state index >= 15 is 0 Å². The predicted molar refractivity (Wildman–Crippen MR) is 60.8 cm³/mol. The van der Waals surface area contributed by atoms with E-state index in [1.165, 1.54) is 0 Å². The van der Waals surface area contributed by atoms with E-state index in [-0.39, 0.29) is 31.1 Å². The molecule has 0 bridgehead atoms. The number of rotatable bonds is 2. The average molecular weight is 468 g/mol. The van der Waals surface area contributed by atoms with Gasteiger partial charge in [0.2, 0.25) is 0 Å². The number of nitrogens with one attached hydrogen (secondary N) is 1. The Hall–Kier alpha value is -0.828. The van der Waals surface area contributed by atoms with Crippen LogP contribution in [0.5, 0.6) is 0 Å². The summed E-state index contributed by atoms with van der Waals surface area (Å²) in [6.45, 7) is 0.503. The van der Waals surface area contributed by atoms with E-state index in [2.05, 4.69) is 21.3 Å². The summed E-state index contributed by atoms with van der Waals surface area (Å²) in [4.78, 5) is 12.5. The van der Waals surface area contributed by atoms with E-state index in [9.17, 15) is 0 Å². The van der Waals surface area contributed by atoms with Crippen molar-refractivity contribution in [2.75, 3.05) is 0 Å². The molecule has 84 valence electrons. The Bertz CT molecular complexity index is 656. The van der Waals surface area contributed by atoms with Crippen LogP contribution in [0.2, 0.25) is 0 Å². The normalized spacial score (nSPS) is 11.6. The zero-order chi connectivity index (χ0) is 10.8. The van der Waals surface area contributed by atoms with Crippen molar-refractivity contribution in [1.82, 2.24) is 9.97 Å². The number of hydrogen-bond acceptors (Lipinski definition) is 4. The summed E-state index contributed by atoms with van der Waals surface area (Å²) in [5.74, 6) is 0.831. The molecule has 3 heterocycles. The topological polar surface area (TPSA) is 54.2 Å². The molecule has 4 nitrogen and oxygen atoms in total. The minimum absolute atomic E-state index is 0. The van der Waals surface area contributed by atoms with Crippen LogP contribution in [0, 0.1) is 37.4 Å². The van der Waals surface area contributed by atoms with Crippen LogP contribution in [0.1, 0.15) is 5.76 Å². The van der Waals surface area contributed by atoms with Crippen molar-refractivity contribution < 1.29 is 35.5 Å². The SMILES string of the molecule is [U].[c-]1nc(=NCc2ccco2)c2ccsc2[nH]1. The third-order valence-corrected chi connectivity index (χ3v) is 3.03. The van der Waals surface area contributed by atoms with Gasteiger partial charge in [-0.3, -0.25) is 0 Å². The number of aromatic nitrogens is 2. The molecule has 6 heteroatoms. The molecule has 0 aliphatic heterocycles. The summed E-state index contributed by atoms with van der Waals surface area (Å²) in [6.07, 6.45) is 4.37. The van der Waals surface area contributed by atoms with Crippen LogP contribution >= 0.6 is 11.3 Å². The maximum Gasteiger partial charge on any atom is 0.123 e. The van der Waals surface area contributed by atoms with Gasteiger partial charge in [0.05, 0.1) is 12.8 Å². The summed E-state index contributed by atoms with van der Waals surface area (Å²) >= 11 is 1.61. The van der Waals surface area contributed by atoms with Gasteiger partial charge in [-0.05, 0) is 22.3 Å². The number of nitrogens with zero attached hydrogens (tertiary/aromatic N) is 2. The first kappa shape index (κ1) is 12.6. The average Bonchev–Trinajstić information content (AvgIpc) is 2.97. The van der Waals surface area contributed by atoms with Crippen molar-refractivity contribution in [2.24, 2.45) is 4.99 Å². The van der Waals surface area contributed by atoms with Gasteiger partial charge in [0.25, 0.3) is 0 Å². The number of H-pyrrole nitrogens is 1. The Labute approximate surface area is 125 Å². The summed E-state index contributed by atoms with van der Waals surface area (Å²) < 4.78 is 5.21. The Morgan fingerprint density at radius 3 is 3.24 bits per heavy atom. The van der Waals surface area contributed by atoms with Gasteiger partial charge in [-0.1, -0.05) is 11.5 Å². The molecule has 0 aliphatic rings. The fourth-order valence-electron chi connectivity index (χ4n) is 1.45. The molecule has 3 aromatic heterocycles. The van der Waals surface area contributed by atoms with Crippen LogP contribution in [-0.4, -0.2) is 9.97 Å². The molecule has 0 radical (unpaired) electrons. The molecule has 0 spiro atoms. The molecular formula is C11H8N3OSU-. The van der Waals surface area contributed by atoms with E-state index in [0.717, 1.165) is 16.0 Å². The first-order valence-corrected chi connectivity index (χ1v) is 5.68. The third-order valence-electron chi connectivity index (χ3n) is 2.20. The van der Waals surface area contributed by atoms with Gasteiger partial charge in [-0.15, -0.1) is 0 Å². The second-order valence-corrected chi connectivity index (χ2v) is 4.15. The van der Waals surface area contributed by atoms with Gasteiger partial charge in [0.15, 0.2) is 0 Å². The van der Waals surface area contributed by atoms with E-state index in [1.54, 1.807) is 17.6 Å². The zero-order valence-corrected chi connectivity index (χ0v) is 13.8. The van der Waals surface area contributed by atoms with E-state index < -0.39 is 0 Å². The number of hydrogen-bond donors (Lipinski definition) is 1. The second kappa shape index (κ2) is 5.68. The molecule has 0 aliphatic carbocycles. The first-order valence-electron chi connectivity index (χ1n) is 4.80. The number of aromatic amines is 1. The number of fused-ring (bicyclic) bond motifs is 1. The standard InChI is InChI=1S/C11H8N3OS.U/c1-2-8(15-4-1)6-12-10-9-3-5-16-11(9)14-7-13-10;/h1-5H,6H2,(H,12,13,14);/q-1;. The molecule has 0 fully saturated rings. The van der Waals surface area contributed by atoms with E-state index in [4.69, 9.17) is 4.42 Å². The van der Waals surface area contributed by atoms with Crippen molar-refractivity contribution in [3.63, 3.8) is 0 Å². The van der Waals surface area contributed by atoms with Gasteiger partial charge in [-0.2, -0.15) is 11.3 Å². The van der Waals surface area contributed by atoms with Gasteiger partial charge in [-0.25, -0.2) is 0 Å². The van der Waals surface area contributed by atoms with Crippen molar-refractivity contribution in [2.45, 2.75) is 6.54 Å². The van der Waals surface area contributed by atoms with Gasteiger partial charge < -0.3 is 19.4 Å². The van der Waals surface area contributed by atoms with Crippen LogP contribution in [0.3, 0.4) is 0 Å². The molecule has 0 saturated carbocycles. The molecular weight excluding hydrogens is 460 g/mol. The largest absolute Gasteiger partial charge is 0.467 e. The maximum absolute atomic E-state index is 5.21. The Balaban J connectivity index is 0.00000108. The van der Waals surface area contributed by atoms with Crippen molar-refractivity contribution >= 4 is 21.6 Å². The molecule has 0 aromatic carbocycles. The minimum Gasteiger partial charge on any atom is -0.467 e. The van der Waals surface area contributed by atoms with E-state index in [0.29, 0.717) is 12.0 Å². The third kappa shape index (κ3) is 2.71. The Kier molecular flexibility index (Phi) is 4.21. The fourth-order valence-corrected chi connectivity index (χ4v) is 2.18. The van der Waals surface area contributed by atoms with Gasteiger partial charge >= 0.3 is 0 Å². The Morgan fingerprint density at radius 1 is 1.47 bits per heavy atom. The monoisotopic (exact) mass is 468 g/mol. The molecule has 3 aromatic rings. The van der Waals surface area contributed by atoms with E-state index in [1.807, 2.05) is 23.6 Å². The van der Waals surface area contributed by atoms with Crippen LogP contribution in [0.15, 0.2) is 39.3 Å². The van der Waals surface area contributed by atoms with Crippen LogP contribution in [0.4, 0.5) is 0 Å². The van der Waals surface area contributed by atoms with Crippen LogP contribution < -0.4 is 5.49 Å². The van der Waals surface area contributed by atoms with Crippen LogP contribution in [-0.2, 0) is 6.54 Å². The second-order valence-electron chi connectivity index (χ2n) is 3.23. The summed E-state index contributed by atoms with van der Waals surface area (Å²) in [5, 5.41) is 3.03. The molecule has 17 heavy (non-hydrogen) atoms. The maximum atomic E-state index is 5.21. The predicted octanol–water partition coefficient (Wildman–Crippen LogP) is 2.12. The smallest absolute Gasteiger partial charge is 0.123 e. The quantitative estimate of drug-likeness (QED) is 0.587. The molecule has 0 amide bonds. The summed E-state index contributed by atoms with van der Waals surface area (Å²) in [5.41, 5.74) is 0.700. The van der Waals surface area contributed by atoms with Gasteiger partial charge in [0, 0.05) is 42.9 Å². The number of furan rings is 1. The van der Waals surface area contributed by atoms with Crippen molar-refractivity contribution in [1.29, 1.82) is 0 Å². The van der Waals surface area contributed by atoms with Crippen LogP contribution in [0.25, 0.3) is 10.2 Å². The Morgan fingerprint density at radius 2 is 2.41 bits per heavy atom. The minimum atomic E-state index is 0. The first-order chi connectivity index (χ1) is 7.93. The molecule has 1 N–H and O–H groups in total. The summed E-state index contributed by atoms with van der Waals surface area (Å²) in [7, 11) is 0. The van der Waals surface area contributed by atoms with Crippen molar-refractivity contribution in [3.8, 4) is 0 Å². The van der Waals surface area contributed by atoms with Crippen molar-refractivity contribution in [3.05, 3.63) is 47.4 Å². The number of thiophene rings is 1. The molecule has 0 unspecified atom stereocenters. The zero-order valence-electron chi connectivity index (χ0n) is 8.80. The van der Waals surface area contributed by atoms with Gasteiger partial charge in [0.1, 0.15) is 5.76 Å². The fraction of sp³-hybridized carbons (Fsp3) is 0.0909. The molecule has 0 atom stereocenters. The molecule has 0 saturated heterocycles.